The minimum Gasteiger partial charge on any atom is -0.507 e. The summed E-state index contributed by atoms with van der Waals surface area (Å²) < 4.78 is 0. The fourth-order valence-corrected chi connectivity index (χ4v) is 2.41. The van der Waals surface area contributed by atoms with Gasteiger partial charge in [0.1, 0.15) is 5.75 Å². The number of hydrazone groups is 1. The van der Waals surface area contributed by atoms with Crippen molar-refractivity contribution in [1.29, 1.82) is 0 Å². The van der Waals surface area contributed by atoms with Gasteiger partial charge < -0.3 is 5.11 Å². The molecule has 0 spiro atoms. The first kappa shape index (κ1) is 20.6. The number of unbranched alkanes of at least 4 members (excludes halogenated alkanes) is 7. The third-order valence-corrected chi connectivity index (χ3v) is 3.87. The van der Waals surface area contributed by atoms with Crippen LogP contribution in [0.25, 0.3) is 0 Å². The molecule has 0 aromatic heterocycles. The molecule has 1 amide bonds. The number of phenols is 1. The molecule has 1 aromatic rings. The molecule has 0 aliphatic heterocycles. The van der Waals surface area contributed by atoms with Crippen LogP contribution in [-0.2, 0) is 4.79 Å². The van der Waals surface area contributed by atoms with E-state index < -0.39 is 4.92 Å². The number of nitro benzene ring substituents is 1. The topological polar surface area (TPSA) is 105 Å². The van der Waals surface area contributed by atoms with E-state index >= 15 is 0 Å². The predicted molar refractivity (Wildman–Crippen MR) is 97.7 cm³/mol. The number of non-ortho nitro benzene ring substituents is 1. The van der Waals surface area contributed by atoms with E-state index in [1.165, 1.54) is 56.5 Å². The van der Waals surface area contributed by atoms with Crippen LogP contribution in [0.1, 0.15) is 70.3 Å². The van der Waals surface area contributed by atoms with Gasteiger partial charge in [0.05, 0.1) is 11.1 Å². The molecular weight excluding hydrogens is 322 g/mol. The van der Waals surface area contributed by atoms with Crippen molar-refractivity contribution in [2.45, 2.75) is 64.7 Å². The lowest BCUT2D eigenvalue weighted by atomic mass is 10.1. The molecule has 0 unspecified atom stereocenters. The summed E-state index contributed by atoms with van der Waals surface area (Å²) in [6.07, 6.45) is 10.9. The lowest BCUT2D eigenvalue weighted by molar-refractivity contribution is -0.384. The van der Waals surface area contributed by atoms with Gasteiger partial charge in [-0.3, -0.25) is 14.9 Å². The maximum absolute atomic E-state index is 11.7. The minimum absolute atomic E-state index is 0.133. The first-order chi connectivity index (χ1) is 12.0. The highest BCUT2D eigenvalue weighted by Crippen LogP contribution is 2.21. The van der Waals surface area contributed by atoms with Crippen molar-refractivity contribution in [3.63, 3.8) is 0 Å². The van der Waals surface area contributed by atoms with Crippen LogP contribution in [0.5, 0.6) is 5.75 Å². The minimum atomic E-state index is -0.558. The molecule has 0 fully saturated rings. The summed E-state index contributed by atoms with van der Waals surface area (Å²) in [6.45, 7) is 2.20. The van der Waals surface area contributed by atoms with Crippen molar-refractivity contribution in [2.24, 2.45) is 5.10 Å². The summed E-state index contributed by atoms with van der Waals surface area (Å²) in [5, 5.41) is 24.1. The molecule has 0 radical (unpaired) electrons. The first-order valence-corrected chi connectivity index (χ1v) is 8.84. The molecule has 0 aliphatic carbocycles. The first-order valence-electron chi connectivity index (χ1n) is 8.84. The van der Waals surface area contributed by atoms with Crippen LogP contribution < -0.4 is 5.43 Å². The van der Waals surface area contributed by atoms with Gasteiger partial charge in [0, 0.05) is 24.1 Å². The number of carbonyl (C=O) groups is 1. The molecule has 0 bridgehead atoms. The number of hydrogen-bond acceptors (Lipinski definition) is 5. The van der Waals surface area contributed by atoms with E-state index in [9.17, 15) is 20.0 Å². The number of carbonyl (C=O) groups excluding carboxylic acids is 1. The fourth-order valence-electron chi connectivity index (χ4n) is 2.41. The van der Waals surface area contributed by atoms with Gasteiger partial charge in [-0.05, 0) is 12.5 Å². The third-order valence-electron chi connectivity index (χ3n) is 3.87. The second kappa shape index (κ2) is 12.0. The van der Waals surface area contributed by atoms with Crippen LogP contribution in [0.3, 0.4) is 0 Å². The highest BCUT2D eigenvalue weighted by atomic mass is 16.6. The van der Waals surface area contributed by atoms with Gasteiger partial charge in [0.2, 0.25) is 5.91 Å². The van der Waals surface area contributed by atoms with Crippen molar-refractivity contribution in [1.82, 2.24) is 5.43 Å². The van der Waals surface area contributed by atoms with Crippen LogP contribution in [0.15, 0.2) is 23.3 Å². The van der Waals surface area contributed by atoms with Crippen molar-refractivity contribution < 1.29 is 14.8 Å². The Morgan fingerprint density at radius 1 is 1.20 bits per heavy atom. The van der Waals surface area contributed by atoms with Gasteiger partial charge >= 0.3 is 0 Å². The Morgan fingerprint density at radius 3 is 2.48 bits per heavy atom. The lowest BCUT2D eigenvalue weighted by Crippen LogP contribution is -2.16. The molecule has 1 aromatic carbocycles. The Balaban J connectivity index is 2.24. The third kappa shape index (κ3) is 8.83. The number of hydrogen-bond donors (Lipinski definition) is 2. The van der Waals surface area contributed by atoms with Crippen molar-refractivity contribution in [3.05, 3.63) is 33.9 Å². The van der Waals surface area contributed by atoms with E-state index in [-0.39, 0.29) is 22.9 Å². The number of nitrogens with zero attached hydrogens (tertiary/aromatic N) is 2. The Kier molecular flexibility index (Phi) is 9.89. The molecule has 7 nitrogen and oxygen atoms in total. The Labute approximate surface area is 148 Å². The van der Waals surface area contributed by atoms with E-state index in [0.29, 0.717) is 6.42 Å². The van der Waals surface area contributed by atoms with Crippen LogP contribution in [0.2, 0.25) is 0 Å². The zero-order chi connectivity index (χ0) is 18.5. The van der Waals surface area contributed by atoms with Gasteiger partial charge in [0.25, 0.3) is 5.69 Å². The summed E-state index contributed by atoms with van der Waals surface area (Å²) in [5.74, 6) is -0.334. The number of amides is 1. The quantitative estimate of drug-likeness (QED) is 0.254. The van der Waals surface area contributed by atoms with Gasteiger partial charge in [-0.15, -0.1) is 0 Å². The summed E-state index contributed by atoms with van der Waals surface area (Å²) in [7, 11) is 0. The zero-order valence-electron chi connectivity index (χ0n) is 14.7. The molecule has 0 heterocycles. The van der Waals surface area contributed by atoms with E-state index in [1.54, 1.807) is 0 Å². The van der Waals surface area contributed by atoms with Crippen molar-refractivity contribution in [2.75, 3.05) is 0 Å². The number of aromatic hydroxyl groups is 1. The predicted octanol–water partition coefficient (Wildman–Crippen LogP) is 4.28. The molecule has 0 atom stereocenters. The van der Waals surface area contributed by atoms with Gasteiger partial charge in [-0.25, -0.2) is 5.43 Å². The summed E-state index contributed by atoms with van der Waals surface area (Å²) in [5.41, 5.74) is 2.41. The van der Waals surface area contributed by atoms with Crippen LogP contribution in [0, 0.1) is 10.1 Å². The number of benzene rings is 1. The molecule has 0 aliphatic rings. The molecule has 138 valence electrons. The van der Waals surface area contributed by atoms with E-state index in [0.717, 1.165) is 19.3 Å². The monoisotopic (exact) mass is 349 g/mol. The van der Waals surface area contributed by atoms with Crippen LogP contribution >= 0.6 is 0 Å². The molecule has 1 rings (SSSR count). The van der Waals surface area contributed by atoms with E-state index in [2.05, 4.69) is 17.5 Å². The largest absolute Gasteiger partial charge is 0.507 e. The molecule has 25 heavy (non-hydrogen) atoms. The number of rotatable bonds is 12. The number of phenolic OH excluding ortho intramolecular Hbond substituents is 1. The molecule has 7 heteroatoms. The lowest BCUT2D eigenvalue weighted by Gasteiger charge is -2.02. The number of nitro groups is 1. The number of nitrogens with one attached hydrogen (secondary N) is 1. The van der Waals surface area contributed by atoms with Gasteiger partial charge in [-0.2, -0.15) is 5.10 Å². The van der Waals surface area contributed by atoms with Gasteiger partial charge in [-0.1, -0.05) is 51.9 Å². The molecule has 0 saturated carbocycles. The summed E-state index contributed by atoms with van der Waals surface area (Å²) >= 11 is 0. The maximum atomic E-state index is 11.7. The van der Waals surface area contributed by atoms with Crippen LogP contribution in [-0.4, -0.2) is 22.2 Å². The van der Waals surface area contributed by atoms with Crippen LogP contribution in [0.4, 0.5) is 5.69 Å². The van der Waals surface area contributed by atoms with Gasteiger partial charge in [0.15, 0.2) is 0 Å². The highest BCUT2D eigenvalue weighted by Gasteiger charge is 2.08. The van der Waals surface area contributed by atoms with E-state index in [4.69, 9.17) is 0 Å². The standard InChI is InChI=1S/C18H27N3O4/c1-2-3-4-5-6-7-8-9-10-18(23)20-19-14-15-13-16(21(24)25)11-12-17(15)22/h11-14,22H,2-10H2,1H3,(H,20,23). The molecule has 0 saturated heterocycles. The van der Waals surface area contributed by atoms with Crippen molar-refractivity contribution in [3.8, 4) is 5.75 Å². The second-order valence-corrected chi connectivity index (χ2v) is 6.02. The maximum Gasteiger partial charge on any atom is 0.270 e. The summed E-state index contributed by atoms with van der Waals surface area (Å²) in [4.78, 5) is 21.8. The Hall–Kier alpha value is -2.44. The Morgan fingerprint density at radius 2 is 1.84 bits per heavy atom. The average Bonchev–Trinajstić information content (AvgIpc) is 2.58. The normalized spacial score (nSPS) is 10.9. The summed E-state index contributed by atoms with van der Waals surface area (Å²) in [6, 6.07) is 3.62. The SMILES string of the molecule is CCCCCCCCCCC(=O)NN=Cc1cc([N+](=O)[O-])ccc1O. The average molecular weight is 349 g/mol. The zero-order valence-corrected chi connectivity index (χ0v) is 14.7. The van der Waals surface area contributed by atoms with E-state index in [1.807, 2.05) is 0 Å². The molecule has 2 N–H and O–H groups in total. The molecular formula is C18H27N3O4. The highest BCUT2D eigenvalue weighted by molar-refractivity contribution is 5.85. The second-order valence-electron chi connectivity index (χ2n) is 6.02. The smallest absolute Gasteiger partial charge is 0.270 e. The Bertz CT molecular complexity index is 588. The van der Waals surface area contributed by atoms with Crippen molar-refractivity contribution >= 4 is 17.8 Å². The fraction of sp³-hybridized carbons (Fsp3) is 0.556.